The Kier molecular flexibility index (Phi) is 9.72. The molecule has 0 spiro atoms. The van der Waals surface area contributed by atoms with E-state index in [-0.39, 0.29) is 0 Å². The van der Waals surface area contributed by atoms with Crippen LogP contribution in [0.15, 0.2) is 79.4 Å². The van der Waals surface area contributed by atoms with Crippen LogP contribution in [0.4, 0.5) is 0 Å². The van der Waals surface area contributed by atoms with Crippen LogP contribution in [0, 0.1) is 5.92 Å². The van der Waals surface area contributed by atoms with E-state index in [9.17, 15) is 0 Å². The maximum Gasteiger partial charge on any atom is 0.0948 e. The summed E-state index contributed by atoms with van der Waals surface area (Å²) in [5.74, 6) is 0.559. The van der Waals surface area contributed by atoms with E-state index >= 15 is 0 Å². The predicted molar refractivity (Wildman–Crippen MR) is 128 cm³/mol. The molecule has 0 fully saturated rings. The number of hydrogen-bond acceptors (Lipinski definition) is 1. The van der Waals surface area contributed by atoms with Crippen LogP contribution in [0.1, 0.15) is 75.5 Å². The first-order chi connectivity index (χ1) is 14.9. The van der Waals surface area contributed by atoms with Crippen LogP contribution in [0.3, 0.4) is 0 Å². The molecule has 1 unspecified atom stereocenters. The van der Waals surface area contributed by atoms with Gasteiger partial charge >= 0.3 is 0 Å². The van der Waals surface area contributed by atoms with Crippen molar-refractivity contribution in [2.45, 2.75) is 77.2 Å². The fourth-order valence-corrected chi connectivity index (χ4v) is 4.58. The predicted octanol–water partition coefficient (Wildman–Crippen LogP) is 7.67. The lowest BCUT2D eigenvalue weighted by Gasteiger charge is -2.29. The molecular weight excluding hydrogens is 364 g/mol. The van der Waals surface area contributed by atoms with Crippen LogP contribution in [0.25, 0.3) is 0 Å². The summed E-state index contributed by atoms with van der Waals surface area (Å²) < 4.78 is 2.37. The van der Waals surface area contributed by atoms with E-state index in [1.165, 1.54) is 62.5 Å². The molecule has 2 aromatic carbocycles. The lowest BCUT2D eigenvalue weighted by molar-refractivity contribution is 0.295. The second-order valence-corrected chi connectivity index (χ2v) is 8.63. The normalized spacial score (nSPS) is 12.3. The molecule has 0 N–H and O–H groups in total. The highest BCUT2D eigenvalue weighted by Crippen LogP contribution is 2.31. The molecule has 2 nitrogen and oxygen atoms in total. The smallest absolute Gasteiger partial charge is 0.0948 e. The number of aromatic nitrogens is 2. The molecular formula is C28H38N2. The van der Waals surface area contributed by atoms with Gasteiger partial charge in [0.15, 0.2) is 0 Å². The van der Waals surface area contributed by atoms with Gasteiger partial charge in [0, 0.05) is 18.4 Å². The molecule has 3 aromatic rings. The van der Waals surface area contributed by atoms with Crippen LogP contribution in [-0.2, 0) is 12.8 Å². The number of rotatable bonds is 14. The second kappa shape index (κ2) is 13.1. The zero-order valence-corrected chi connectivity index (χ0v) is 18.6. The Morgan fingerprint density at radius 2 is 1.30 bits per heavy atom. The third-order valence-electron chi connectivity index (χ3n) is 6.24. The third-order valence-corrected chi connectivity index (χ3v) is 6.24. The average molecular weight is 403 g/mol. The molecule has 0 aliphatic carbocycles. The molecule has 3 rings (SSSR count). The first-order valence-corrected chi connectivity index (χ1v) is 11.9. The Morgan fingerprint density at radius 3 is 1.83 bits per heavy atom. The summed E-state index contributed by atoms with van der Waals surface area (Å²) in [6.07, 6.45) is 19.1. The largest absolute Gasteiger partial charge is 0.334 e. The van der Waals surface area contributed by atoms with Gasteiger partial charge in [-0.15, -0.1) is 0 Å². The van der Waals surface area contributed by atoms with Crippen molar-refractivity contribution in [2.24, 2.45) is 5.92 Å². The molecule has 30 heavy (non-hydrogen) atoms. The molecule has 0 saturated heterocycles. The fourth-order valence-electron chi connectivity index (χ4n) is 4.58. The van der Waals surface area contributed by atoms with Gasteiger partial charge in [-0.05, 0) is 36.3 Å². The summed E-state index contributed by atoms with van der Waals surface area (Å²) in [5, 5.41) is 0. The maximum absolute atomic E-state index is 4.38. The lowest BCUT2D eigenvalue weighted by atomic mass is 9.84. The Labute approximate surface area is 183 Å². The van der Waals surface area contributed by atoms with Crippen molar-refractivity contribution in [3.05, 3.63) is 90.5 Å². The Balaban J connectivity index is 1.69. The quantitative estimate of drug-likeness (QED) is 0.253. The van der Waals surface area contributed by atoms with Gasteiger partial charge in [0.05, 0.1) is 6.33 Å². The average Bonchev–Trinajstić information content (AvgIpc) is 3.31. The van der Waals surface area contributed by atoms with E-state index in [1.807, 2.05) is 12.5 Å². The number of nitrogens with zero attached hydrogens (tertiary/aromatic N) is 2. The van der Waals surface area contributed by atoms with Crippen LogP contribution in [0.5, 0.6) is 0 Å². The molecule has 2 heteroatoms. The van der Waals surface area contributed by atoms with Crippen LogP contribution in [0.2, 0.25) is 0 Å². The van der Waals surface area contributed by atoms with E-state index in [0.717, 1.165) is 12.8 Å². The summed E-state index contributed by atoms with van der Waals surface area (Å²) in [5.41, 5.74) is 2.87. The number of imidazole rings is 1. The van der Waals surface area contributed by atoms with Gasteiger partial charge < -0.3 is 4.57 Å². The summed E-state index contributed by atoms with van der Waals surface area (Å²) in [4.78, 5) is 4.38. The lowest BCUT2D eigenvalue weighted by Crippen LogP contribution is -2.23. The number of benzene rings is 2. The highest BCUT2D eigenvalue weighted by Gasteiger charge is 2.23. The molecule has 0 amide bonds. The van der Waals surface area contributed by atoms with Crippen molar-refractivity contribution in [3.63, 3.8) is 0 Å². The Hall–Kier alpha value is -2.35. The van der Waals surface area contributed by atoms with Gasteiger partial charge in [0.2, 0.25) is 0 Å². The Morgan fingerprint density at radius 1 is 0.733 bits per heavy atom. The molecule has 1 atom stereocenters. The van der Waals surface area contributed by atoms with Gasteiger partial charge in [-0.25, -0.2) is 4.98 Å². The summed E-state index contributed by atoms with van der Waals surface area (Å²) in [6, 6.07) is 22.5. The van der Waals surface area contributed by atoms with E-state index < -0.39 is 0 Å². The molecule has 0 radical (unpaired) electrons. The van der Waals surface area contributed by atoms with Gasteiger partial charge in [-0.1, -0.05) is 113 Å². The summed E-state index contributed by atoms with van der Waals surface area (Å²) in [7, 11) is 0. The van der Waals surface area contributed by atoms with Crippen molar-refractivity contribution in [2.75, 3.05) is 0 Å². The van der Waals surface area contributed by atoms with Gasteiger partial charge in [-0.3, -0.25) is 0 Å². The van der Waals surface area contributed by atoms with Crippen molar-refractivity contribution in [3.8, 4) is 0 Å². The van der Waals surface area contributed by atoms with Crippen molar-refractivity contribution in [1.82, 2.24) is 9.55 Å². The van der Waals surface area contributed by atoms with Gasteiger partial charge in [-0.2, -0.15) is 0 Å². The first kappa shape index (κ1) is 22.3. The molecule has 1 aromatic heterocycles. The standard InChI is InChI=1S/C28H38N2/c1-2-3-4-5-6-7-14-19-28(30-21-20-29-24-30)27(22-25-15-10-8-11-16-25)23-26-17-12-9-13-18-26/h8-13,15-18,20-21,24,27-28H,2-7,14,19,22-23H2,1H3. The fraction of sp³-hybridized carbons (Fsp3) is 0.464. The van der Waals surface area contributed by atoms with Gasteiger partial charge in [0.1, 0.15) is 0 Å². The van der Waals surface area contributed by atoms with E-state index in [2.05, 4.69) is 83.3 Å². The van der Waals surface area contributed by atoms with E-state index in [0.29, 0.717) is 12.0 Å². The molecule has 160 valence electrons. The number of unbranched alkanes of at least 4 members (excludes halogenated alkanes) is 6. The maximum atomic E-state index is 4.38. The first-order valence-electron chi connectivity index (χ1n) is 11.9. The minimum atomic E-state index is 0.489. The SMILES string of the molecule is CCCCCCCCCC(C(Cc1ccccc1)Cc1ccccc1)n1ccnc1. The molecule has 0 aliphatic heterocycles. The van der Waals surface area contributed by atoms with Crippen molar-refractivity contribution >= 4 is 0 Å². The Bertz CT molecular complexity index is 739. The second-order valence-electron chi connectivity index (χ2n) is 8.63. The van der Waals surface area contributed by atoms with Crippen LogP contribution < -0.4 is 0 Å². The van der Waals surface area contributed by atoms with Crippen LogP contribution >= 0.6 is 0 Å². The zero-order valence-electron chi connectivity index (χ0n) is 18.6. The monoisotopic (exact) mass is 402 g/mol. The van der Waals surface area contributed by atoms with Gasteiger partial charge in [0.25, 0.3) is 0 Å². The van der Waals surface area contributed by atoms with Crippen molar-refractivity contribution in [1.29, 1.82) is 0 Å². The minimum Gasteiger partial charge on any atom is -0.334 e. The van der Waals surface area contributed by atoms with E-state index in [1.54, 1.807) is 0 Å². The highest BCUT2D eigenvalue weighted by atomic mass is 15.1. The molecule has 0 saturated carbocycles. The van der Waals surface area contributed by atoms with E-state index in [4.69, 9.17) is 0 Å². The molecule has 0 aliphatic rings. The topological polar surface area (TPSA) is 17.8 Å². The molecule has 1 heterocycles. The minimum absolute atomic E-state index is 0.489. The number of hydrogen-bond donors (Lipinski definition) is 0. The highest BCUT2D eigenvalue weighted by molar-refractivity contribution is 5.19. The summed E-state index contributed by atoms with van der Waals surface area (Å²) in [6.45, 7) is 2.29. The third kappa shape index (κ3) is 7.48. The molecule has 0 bridgehead atoms. The summed E-state index contributed by atoms with van der Waals surface area (Å²) >= 11 is 0. The zero-order chi connectivity index (χ0) is 20.9. The van der Waals surface area contributed by atoms with Crippen molar-refractivity contribution < 1.29 is 0 Å². The van der Waals surface area contributed by atoms with Crippen LogP contribution in [-0.4, -0.2) is 9.55 Å².